The molecule has 0 radical (unpaired) electrons. The Bertz CT molecular complexity index is 755. The van der Waals surface area contributed by atoms with Crippen molar-refractivity contribution in [3.63, 3.8) is 0 Å². The zero-order chi connectivity index (χ0) is 21.1. The van der Waals surface area contributed by atoms with Gasteiger partial charge in [-0.25, -0.2) is 14.0 Å². The largest absolute Gasteiger partial charge is 0.479 e. The second-order valence-corrected chi connectivity index (χ2v) is 8.13. The molecule has 1 aromatic carbocycles. The first-order valence-electron chi connectivity index (χ1n) is 9.17. The lowest BCUT2D eigenvalue weighted by atomic mass is 10.0. The van der Waals surface area contributed by atoms with Crippen LogP contribution in [-0.4, -0.2) is 52.2 Å². The van der Waals surface area contributed by atoms with Gasteiger partial charge in [0.25, 0.3) is 0 Å². The number of rotatable bonds is 7. The summed E-state index contributed by atoms with van der Waals surface area (Å²) in [5.74, 6) is -1.92. The maximum atomic E-state index is 14.0. The fourth-order valence-corrected chi connectivity index (χ4v) is 2.98. The van der Waals surface area contributed by atoms with E-state index in [1.807, 2.05) is 0 Å². The second-order valence-electron chi connectivity index (χ2n) is 8.13. The molecule has 0 unspecified atom stereocenters. The van der Waals surface area contributed by atoms with Crippen LogP contribution in [0.5, 0.6) is 0 Å². The number of ether oxygens (including phenoxy) is 1. The molecule has 0 saturated heterocycles. The highest BCUT2D eigenvalue weighted by atomic mass is 19.1. The summed E-state index contributed by atoms with van der Waals surface area (Å²) >= 11 is 0. The first-order chi connectivity index (χ1) is 12.9. The summed E-state index contributed by atoms with van der Waals surface area (Å²) in [7, 11) is 1.44. The predicted octanol–water partition coefficient (Wildman–Crippen LogP) is 2.73. The summed E-state index contributed by atoms with van der Waals surface area (Å²) in [5.41, 5.74) is -1.56. The van der Waals surface area contributed by atoms with Crippen LogP contribution in [0.4, 0.5) is 9.18 Å². The lowest BCUT2D eigenvalue weighted by molar-refractivity contribution is -0.151. The van der Waals surface area contributed by atoms with Gasteiger partial charge in [0.1, 0.15) is 17.0 Å². The summed E-state index contributed by atoms with van der Waals surface area (Å²) in [5, 5.41) is 12.0. The van der Waals surface area contributed by atoms with Crippen LogP contribution in [0.1, 0.15) is 45.6 Å². The Hall–Kier alpha value is -2.64. The number of amides is 2. The molecule has 1 saturated carbocycles. The summed E-state index contributed by atoms with van der Waals surface area (Å²) < 4.78 is 19.3. The zero-order valence-corrected chi connectivity index (χ0v) is 16.6. The molecule has 1 aliphatic carbocycles. The molecule has 1 atom stereocenters. The highest BCUT2D eigenvalue weighted by molar-refractivity contribution is 5.89. The van der Waals surface area contributed by atoms with E-state index in [4.69, 9.17) is 4.74 Å². The third-order valence-corrected chi connectivity index (χ3v) is 4.70. The van der Waals surface area contributed by atoms with Crippen LogP contribution in [0.15, 0.2) is 24.3 Å². The van der Waals surface area contributed by atoms with E-state index in [1.54, 1.807) is 39.0 Å². The molecule has 28 heavy (non-hydrogen) atoms. The number of alkyl carbamates (subject to hydrolysis) is 1. The number of aliphatic carboxylic acids is 1. The minimum atomic E-state index is -1.18. The molecular formula is C20H27FN2O5. The van der Waals surface area contributed by atoms with Gasteiger partial charge in [-0.1, -0.05) is 18.2 Å². The quantitative estimate of drug-likeness (QED) is 0.741. The molecule has 7 nitrogen and oxygen atoms in total. The number of nitrogens with one attached hydrogen (secondary N) is 1. The molecule has 2 N–H and O–H groups in total. The van der Waals surface area contributed by atoms with Crippen molar-refractivity contribution in [1.29, 1.82) is 0 Å². The molecule has 0 heterocycles. The van der Waals surface area contributed by atoms with Gasteiger partial charge >= 0.3 is 12.1 Å². The van der Waals surface area contributed by atoms with Crippen molar-refractivity contribution in [1.82, 2.24) is 10.2 Å². The third kappa shape index (κ3) is 5.43. The van der Waals surface area contributed by atoms with Gasteiger partial charge in [0.05, 0.1) is 0 Å². The standard InChI is InChI=1S/C20H27FN2O5/c1-19(2,3)28-18(27)22-14(11-13-7-5-6-8-15(13)21)12-16(24)23(4)20(9-10-20)17(25)26/h5-8,14H,9-12H2,1-4H3,(H,22,27)(H,25,26)/t14-/m1/s1. The first-order valence-corrected chi connectivity index (χ1v) is 9.17. The SMILES string of the molecule is CN(C(=O)C[C@@H](Cc1ccccc1F)NC(=O)OC(C)(C)C)C1(C(=O)O)CC1. The topological polar surface area (TPSA) is 95.9 Å². The van der Waals surface area contributed by atoms with Crippen LogP contribution < -0.4 is 5.32 Å². The fraction of sp³-hybridized carbons (Fsp3) is 0.550. The molecule has 1 aliphatic rings. The zero-order valence-electron chi connectivity index (χ0n) is 16.6. The van der Waals surface area contributed by atoms with Crippen molar-refractivity contribution in [3.05, 3.63) is 35.6 Å². The van der Waals surface area contributed by atoms with E-state index in [-0.39, 0.29) is 12.8 Å². The van der Waals surface area contributed by atoms with Crippen LogP contribution in [0, 0.1) is 5.82 Å². The number of nitrogens with zero attached hydrogens (tertiary/aromatic N) is 1. The summed E-state index contributed by atoms with van der Waals surface area (Å²) in [6.45, 7) is 5.13. The van der Waals surface area contributed by atoms with E-state index in [9.17, 15) is 23.9 Å². The Morgan fingerprint density at radius 3 is 2.39 bits per heavy atom. The maximum absolute atomic E-state index is 14.0. The lowest BCUT2D eigenvalue weighted by Crippen LogP contribution is -2.48. The summed E-state index contributed by atoms with van der Waals surface area (Å²) in [6.07, 6.45) is -0.0296. The Kier molecular flexibility index (Phi) is 6.31. The summed E-state index contributed by atoms with van der Waals surface area (Å²) in [4.78, 5) is 37.5. The Balaban J connectivity index is 2.13. The number of benzene rings is 1. The van der Waals surface area contributed by atoms with Crippen LogP contribution in [-0.2, 0) is 20.7 Å². The van der Waals surface area contributed by atoms with E-state index in [2.05, 4.69) is 5.32 Å². The number of likely N-dealkylation sites (N-methyl/N-ethyl adjacent to an activating group) is 1. The number of carboxylic acid groups (broad SMARTS) is 1. The molecule has 2 amide bonds. The van der Waals surface area contributed by atoms with E-state index < -0.39 is 41.0 Å². The van der Waals surface area contributed by atoms with E-state index in [0.29, 0.717) is 18.4 Å². The van der Waals surface area contributed by atoms with Crippen LogP contribution in [0.2, 0.25) is 0 Å². The molecule has 0 spiro atoms. The predicted molar refractivity (Wildman–Crippen MR) is 100 cm³/mol. The van der Waals surface area contributed by atoms with Crippen LogP contribution >= 0.6 is 0 Å². The van der Waals surface area contributed by atoms with Crippen molar-refractivity contribution in [2.24, 2.45) is 0 Å². The number of carbonyl (C=O) groups is 3. The second kappa shape index (κ2) is 8.16. The van der Waals surface area contributed by atoms with Crippen molar-refractivity contribution >= 4 is 18.0 Å². The highest BCUT2D eigenvalue weighted by Crippen LogP contribution is 2.41. The number of carboxylic acids is 1. The van der Waals surface area contributed by atoms with Gasteiger partial charge in [-0.3, -0.25) is 4.79 Å². The van der Waals surface area contributed by atoms with Gasteiger partial charge in [-0.05, 0) is 51.7 Å². The minimum Gasteiger partial charge on any atom is -0.479 e. The van der Waals surface area contributed by atoms with E-state index >= 15 is 0 Å². The molecule has 0 aliphatic heterocycles. The smallest absolute Gasteiger partial charge is 0.407 e. The van der Waals surface area contributed by atoms with Gasteiger partial charge in [-0.15, -0.1) is 0 Å². The molecular weight excluding hydrogens is 367 g/mol. The molecule has 8 heteroatoms. The molecule has 1 aromatic rings. The number of hydrogen-bond donors (Lipinski definition) is 2. The van der Waals surface area contributed by atoms with E-state index in [1.165, 1.54) is 18.0 Å². The first kappa shape index (κ1) is 21.7. The Labute approximate surface area is 163 Å². The molecule has 154 valence electrons. The lowest BCUT2D eigenvalue weighted by Gasteiger charge is -2.28. The normalized spacial score (nSPS) is 16.0. The van der Waals surface area contributed by atoms with Crippen molar-refractivity contribution < 1.29 is 28.6 Å². The van der Waals surface area contributed by atoms with Crippen molar-refractivity contribution in [2.45, 2.75) is 63.6 Å². The maximum Gasteiger partial charge on any atom is 0.407 e. The van der Waals surface area contributed by atoms with Gasteiger partial charge in [-0.2, -0.15) is 0 Å². The number of carbonyl (C=O) groups excluding carboxylic acids is 2. The van der Waals surface area contributed by atoms with Crippen LogP contribution in [0.25, 0.3) is 0 Å². The summed E-state index contributed by atoms with van der Waals surface area (Å²) in [6, 6.07) is 5.36. The van der Waals surface area contributed by atoms with Gasteiger partial charge < -0.3 is 20.1 Å². The number of halogens is 1. The molecule has 0 bridgehead atoms. The van der Waals surface area contributed by atoms with Gasteiger partial charge in [0.2, 0.25) is 5.91 Å². The van der Waals surface area contributed by atoms with E-state index in [0.717, 1.165) is 0 Å². The average molecular weight is 394 g/mol. The van der Waals surface area contributed by atoms with Gasteiger partial charge in [0.15, 0.2) is 0 Å². The highest BCUT2D eigenvalue weighted by Gasteiger charge is 2.55. The molecule has 2 rings (SSSR count). The minimum absolute atomic E-state index is 0.0750. The van der Waals surface area contributed by atoms with Crippen molar-refractivity contribution in [2.75, 3.05) is 7.05 Å². The Morgan fingerprint density at radius 2 is 1.89 bits per heavy atom. The third-order valence-electron chi connectivity index (χ3n) is 4.70. The van der Waals surface area contributed by atoms with Crippen molar-refractivity contribution in [3.8, 4) is 0 Å². The molecule has 1 fully saturated rings. The fourth-order valence-electron chi connectivity index (χ4n) is 2.98. The number of hydrogen-bond acceptors (Lipinski definition) is 4. The Morgan fingerprint density at radius 1 is 1.29 bits per heavy atom. The molecule has 0 aromatic heterocycles. The average Bonchev–Trinajstić information content (AvgIpc) is 3.36. The monoisotopic (exact) mass is 394 g/mol. The van der Waals surface area contributed by atoms with Crippen LogP contribution in [0.3, 0.4) is 0 Å². The van der Waals surface area contributed by atoms with Gasteiger partial charge in [0, 0.05) is 19.5 Å².